The second-order valence-corrected chi connectivity index (χ2v) is 11.8. The summed E-state index contributed by atoms with van der Waals surface area (Å²) in [4.78, 5) is 30.1. The number of aromatic nitrogens is 3. The summed E-state index contributed by atoms with van der Waals surface area (Å²) in [5.74, 6) is -0.669. The maximum Gasteiger partial charge on any atom is 0.410 e. The van der Waals surface area contributed by atoms with Gasteiger partial charge in [-0.05, 0) is 40.2 Å². The molecule has 0 radical (unpaired) electrons. The zero-order chi connectivity index (χ0) is 27.4. The van der Waals surface area contributed by atoms with E-state index in [1.54, 1.807) is 27.8 Å². The van der Waals surface area contributed by atoms with Gasteiger partial charge in [0.05, 0.1) is 23.5 Å². The Morgan fingerprint density at radius 3 is 2.76 bits per heavy atom. The lowest BCUT2D eigenvalue weighted by atomic mass is 9.95. The molecule has 208 valence electrons. The minimum Gasteiger partial charge on any atom is -0.461 e. The SMILES string of the molecule is CN(c1nc(OC[C@@]23CCCN2CC(F)C3)nc2c(F)c(Cl)ncc12)C1CN(C(=O)OC(C)(C)C)C[C@H]1F. The first-order chi connectivity index (χ1) is 17.9. The van der Waals surface area contributed by atoms with Crippen LogP contribution in [-0.2, 0) is 4.74 Å². The molecule has 5 heterocycles. The fraction of sp³-hybridized carbons (Fsp3) is 0.680. The van der Waals surface area contributed by atoms with Crippen LogP contribution in [0.2, 0.25) is 5.15 Å². The Hall–Kier alpha value is -2.60. The highest BCUT2D eigenvalue weighted by atomic mass is 35.5. The average Bonchev–Trinajstić information content (AvgIpc) is 3.50. The number of ether oxygens (including phenoxy) is 2. The van der Waals surface area contributed by atoms with Crippen molar-refractivity contribution in [3.63, 3.8) is 0 Å². The normalized spacial score (nSPS) is 27.7. The van der Waals surface area contributed by atoms with Crippen LogP contribution in [0.15, 0.2) is 6.20 Å². The Balaban J connectivity index is 1.44. The van der Waals surface area contributed by atoms with Gasteiger partial charge >= 0.3 is 12.1 Å². The molecule has 9 nitrogen and oxygen atoms in total. The summed E-state index contributed by atoms with van der Waals surface area (Å²) in [5.41, 5.74) is -1.30. The van der Waals surface area contributed by atoms with Crippen molar-refractivity contribution in [1.29, 1.82) is 0 Å². The van der Waals surface area contributed by atoms with E-state index in [4.69, 9.17) is 21.1 Å². The molecule has 0 N–H and O–H groups in total. The number of rotatable bonds is 5. The summed E-state index contributed by atoms with van der Waals surface area (Å²) >= 11 is 5.93. The Bertz CT molecular complexity index is 1230. The van der Waals surface area contributed by atoms with Gasteiger partial charge in [0.15, 0.2) is 11.0 Å². The zero-order valence-electron chi connectivity index (χ0n) is 21.9. The lowest BCUT2D eigenvalue weighted by Crippen LogP contribution is -2.43. The van der Waals surface area contributed by atoms with Gasteiger partial charge in [-0.15, -0.1) is 0 Å². The summed E-state index contributed by atoms with van der Waals surface area (Å²) in [6.07, 6.45) is 0.428. The van der Waals surface area contributed by atoms with E-state index in [1.165, 1.54) is 16.0 Å². The van der Waals surface area contributed by atoms with Crippen LogP contribution in [0.3, 0.4) is 0 Å². The molecule has 13 heteroatoms. The van der Waals surface area contributed by atoms with Gasteiger partial charge in [-0.3, -0.25) is 4.90 Å². The van der Waals surface area contributed by atoms with Crippen LogP contribution in [0.1, 0.15) is 40.0 Å². The monoisotopic (exact) mass is 556 g/mol. The third kappa shape index (κ3) is 5.04. The third-order valence-corrected chi connectivity index (χ3v) is 7.80. The van der Waals surface area contributed by atoms with Crippen LogP contribution in [0.25, 0.3) is 10.9 Å². The van der Waals surface area contributed by atoms with Gasteiger partial charge in [-0.1, -0.05) is 11.6 Å². The molecule has 4 atom stereocenters. The second-order valence-electron chi connectivity index (χ2n) is 11.4. The van der Waals surface area contributed by atoms with Crippen LogP contribution in [0, 0.1) is 5.82 Å². The molecule has 3 aliphatic rings. The number of halogens is 4. The lowest BCUT2D eigenvalue weighted by Gasteiger charge is -2.31. The Morgan fingerprint density at radius 1 is 1.26 bits per heavy atom. The highest BCUT2D eigenvalue weighted by Crippen LogP contribution is 2.40. The molecule has 0 bridgehead atoms. The molecule has 0 spiro atoms. The number of alkyl halides is 2. The topological polar surface area (TPSA) is 83.9 Å². The zero-order valence-corrected chi connectivity index (χ0v) is 22.6. The molecule has 2 aromatic heterocycles. The van der Waals surface area contributed by atoms with E-state index in [2.05, 4.69) is 19.9 Å². The first-order valence-corrected chi connectivity index (χ1v) is 13.1. The summed E-state index contributed by atoms with van der Waals surface area (Å²) in [6, 6.07) is -0.917. The standard InChI is InChI=1S/C25H32ClF3N6O3/c1-24(2,3)38-23(36)34-11-16(28)17(12-34)33(4)21-15-9-30-20(26)18(29)19(15)31-22(32-21)37-13-25-6-5-7-35(25)10-14(27)8-25/h9,14,16-17H,5-8,10-13H2,1-4H3/t14?,16-,17?,25+/m1/s1. The third-order valence-electron chi connectivity index (χ3n) is 7.53. The van der Waals surface area contributed by atoms with Crippen molar-refractivity contribution < 1.29 is 27.4 Å². The lowest BCUT2D eigenvalue weighted by molar-refractivity contribution is 0.0283. The summed E-state index contributed by atoms with van der Waals surface area (Å²) in [6.45, 7) is 6.39. The van der Waals surface area contributed by atoms with Crippen molar-refractivity contribution in [3.8, 4) is 6.01 Å². The molecule has 3 fully saturated rings. The van der Waals surface area contributed by atoms with Crippen LogP contribution in [0.5, 0.6) is 6.01 Å². The average molecular weight is 557 g/mol. The Kier molecular flexibility index (Phi) is 7.00. The highest BCUT2D eigenvalue weighted by Gasteiger charge is 2.49. The summed E-state index contributed by atoms with van der Waals surface area (Å²) in [5, 5.41) is -0.150. The van der Waals surface area contributed by atoms with E-state index in [1.807, 2.05) is 0 Å². The maximum atomic E-state index is 15.2. The first-order valence-electron chi connectivity index (χ1n) is 12.8. The van der Waals surface area contributed by atoms with Crippen molar-refractivity contribution in [2.24, 2.45) is 0 Å². The maximum absolute atomic E-state index is 15.2. The van der Waals surface area contributed by atoms with E-state index < -0.39 is 41.4 Å². The molecule has 5 rings (SSSR count). The fourth-order valence-corrected chi connectivity index (χ4v) is 5.86. The van der Waals surface area contributed by atoms with Crippen LogP contribution < -0.4 is 9.64 Å². The van der Waals surface area contributed by atoms with Crippen LogP contribution >= 0.6 is 11.6 Å². The number of fused-ring (bicyclic) bond motifs is 2. The predicted octanol–water partition coefficient (Wildman–Crippen LogP) is 4.17. The molecule has 3 aliphatic heterocycles. The molecular weight excluding hydrogens is 525 g/mol. The molecule has 3 saturated heterocycles. The number of hydrogen-bond donors (Lipinski definition) is 0. The number of amides is 1. The van der Waals surface area contributed by atoms with Gasteiger partial charge in [0.25, 0.3) is 0 Å². The number of likely N-dealkylation sites (N-methyl/N-ethyl adjacent to an activating group) is 1. The molecule has 2 unspecified atom stereocenters. The minimum absolute atomic E-state index is 0.0354. The smallest absolute Gasteiger partial charge is 0.410 e. The number of anilines is 1. The van der Waals surface area contributed by atoms with Crippen molar-refractivity contribution in [2.75, 3.05) is 44.7 Å². The summed E-state index contributed by atoms with van der Waals surface area (Å²) in [7, 11) is 1.61. The number of carbonyl (C=O) groups is 1. The number of pyridine rings is 1. The molecule has 0 saturated carbocycles. The molecule has 38 heavy (non-hydrogen) atoms. The minimum atomic E-state index is -1.42. The predicted molar refractivity (Wildman–Crippen MR) is 136 cm³/mol. The van der Waals surface area contributed by atoms with Crippen molar-refractivity contribution in [1.82, 2.24) is 24.8 Å². The summed E-state index contributed by atoms with van der Waals surface area (Å²) < 4.78 is 55.8. The number of likely N-dealkylation sites (tertiary alicyclic amines) is 1. The van der Waals surface area contributed by atoms with E-state index in [-0.39, 0.29) is 47.6 Å². The highest BCUT2D eigenvalue weighted by molar-refractivity contribution is 6.30. The molecule has 2 aromatic rings. The number of hydrogen-bond acceptors (Lipinski definition) is 8. The molecule has 0 aromatic carbocycles. The van der Waals surface area contributed by atoms with E-state index in [0.29, 0.717) is 13.0 Å². The Morgan fingerprint density at radius 2 is 2.03 bits per heavy atom. The van der Waals surface area contributed by atoms with E-state index >= 15 is 8.78 Å². The Labute approximate surface area is 224 Å². The van der Waals surface area contributed by atoms with E-state index in [9.17, 15) is 9.18 Å². The van der Waals surface area contributed by atoms with Gasteiger partial charge in [-0.2, -0.15) is 9.97 Å². The number of carbonyl (C=O) groups excluding carboxylic acids is 1. The molecular formula is C25H32ClF3N6O3. The van der Waals surface area contributed by atoms with Crippen LogP contribution in [-0.4, -0.2) is 100 Å². The molecule has 0 aliphatic carbocycles. The number of nitrogens with zero attached hydrogens (tertiary/aromatic N) is 6. The quantitative estimate of drug-likeness (QED) is 0.508. The van der Waals surface area contributed by atoms with Gasteiger partial charge in [0.1, 0.15) is 35.9 Å². The fourth-order valence-electron chi connectivity index (χ4n) is 5.73. The van der Waals surface area contributed by atoms with Crippen LogP contribution in [0.4, 0.5) is 23.8 Å². The van der Waals surface area contributed by atoms with Gasteiger partial charge in [-0.25, -0.2) is 22.9 Å². The largest absolute Gasteiger partial charge is 0.461 e. The molecule has 1 amide bonds. The van der Waals surface area contributed by atoms with Gasteiger partial charge in [0.2, 0.25) is 0 Å². The van der Waals surface area contributed by atoms with E-state index in [0.717, 1.165) is 19.4 Å². The van der Waals surface area contributed by atoms with Crippen molar-refractivity contribution in [2.45, 2.75) is 69.6 Å². The second kappa shape index (κ2) is 9.86. The first kappa shape index (κ1) is 27.0. The van der Waals surface area contributed by atoms with Gasteiger partial charge in [0, 0.05) is 32.8 Å². The van der Waals surface area contributed by atoms with Crippen molar-refractivity contribution in [3.05, 3.63) is 17.2 Å². The van der Waals surface area contributed by atoms with Gasteiger partial charge < -0.3 is 19.3 Å². The van der Waals surface area contributed by atoms with Crippen molar-refractivity contribution >= 4 is 34.4 Å².